The summed E-state index contributed by atoms with van der Waals surface area (Å²) in [5.74, 6) is 2.42. The van der Waals surface area contributed by atoms with E-state index in [-0.39, 0.29) is 0 Å². The van der Waals surface area contributed by atoms with Gasteiger partial charge >= 0.3 is 0 Å². The first kappa shape index (κ1) is 12.9. The van der Waals surface area contributed by atoms with Gasteiger partial charge in [0, 0.05) is 20.3 Å². The van der Waals surface area contributed by atoms with Crippen LogP contribution in [0.1, 0.15) is 5.82 Å². The first-order chi connectivity index (χ1) is 9.72. The van der Waals surface area contributed by atoms with Crippen molar-refractivity contribution < 1.29 is 0 Å². The monoisotopic (exact) mass is 285 g/mol. The van der Waals surface area contributed by atoms with Crippen LogP contribution in [-0.2, 0) is 5.75 Å². The zero-order valence-corrected chi connectivity index (χ0v) is 12.2. The van der Waals surface area contributed by atoms with Gasteiger partial charge < -0.3 is 9.88 Å². The zero-order valence-electron chi connectivity index (χ0n) is 11.4. The summed E-state index contributed by atoms with van der Waals surface area (Å²) in [5, 5.41) is 0.894. The van der Waals surface area contributed by atoms with Crippen LogP contribution >= 0.6 is 11.8 Å². The Balaban J connectivity index is 1.74. The Kier molecular flexibility index (Phi) is 3.56. The predicted molar refractivity (Wildman–Crippen MR) is 82.0 cm³/mol. The Morgan fingerprint density at radius 3 is 2.80 bits per heavy atom. The van der Waals surface area contributed by atoms with Gasteiger partial charge in [0.15, 0.2) is 5.16 Å². The molecule has 0 atom stereocenters. The minimum absolute atomic E-state index is 0.696. The lowest BCUT2D eigenvalue weighted by Gasteiger charge is -2.11. The molecule has 0 unspecified atom stereocenters. The lowest BCUT2D eigenvalue weighted by molar-refractivity contribution is 0.973. The number of aromatic nitrogens is 4. The van der Waals surface area contributed by atoms with Crippen LogP contribution in [0.25, 0.3) is 11.0 Å². The average Bonchev–Trinajstić information content (AvgIpc) is 2.88. The van der Waals surface area contributed by atoms with Gasteiger partial charge in [-0.25, -0.2) is 15.0 Å². The molecule has 0 bridgehead atoms. The standard InChI is InChI=1S/C14H15N5S/c1-19(2)13-7-8-15-12(18-13)9-20-14-16-10-5-3-4-6-11(10)17-14/h3-8H,9H2,1-2H3,(H,16,17). The van der Waals surface area contributed by atoms with Crippen LogP contribution in [-0.4, -0.2) is 34.0 Å². The number of anilines is 1. The zero-order chi connectivity index (χ0) is 13.9. The summed E-state index contributed by atoms with van der Waals surface area (Å²) in [7, 11) is 3.94. The van der Waals surface area contributed by atoms with Crippen molar-refractivity contribution in [3.8, 4) is 0 Å². The van der Waals surface area contributed by atoms with Crippen LogP contribution in [0.5, 0.6) is 0 Å². The Morgan fingerprint density at radius 1 is 1.15 bits per heavy atom. The molecule has 3 aromatic rings. The Hall–Kier alpha value is -2.08. The van der Waals surface area contributed by atoms with E-state index in [1.165, 1.54) is 0 Å². The highest BCUT2D eigenvalue weighted by molar-refractivity contribution is 7.98. The maximum absolute atomic E-state index is 4.53. The third-order valence-corrected chi connectivity index (χ3v) is 3.72. The van der Waals surface area contributed by atoms with Crippen molar-refractivity contribution in [2.45, 2.75) is 10.9 Å². The first-order valence-corrected chi connectivity index (χ1v) is 7.28. The van der Waals surface area contributed by atoms with Crippen molar-refractivity contribution in [3.05, 3.63) is 42.4 Å². The molecule has 5 nitrogen and oxygen atoms in total. The molecule has 0 saturated carbocycles. The Morgan fingerprint density at radius 2 is 2.00 bits per heavy atom. The molecule has 6 heteroatoms. The van der Waals surface area contributed by atoms with Crippen molar-refractivity contribution in [1.82, 2.24) is 19.9 Å². The molecule has 20 heavy (non-hydrogen) atoms. The van der Waals surface area contributed by atoms with Crippen LogP contribution in [0.15, 0.2) is 41.7 Å². The smallest absolute Gasteiger partial charge is 0.166 e. The maximum atomic E-state index is 4.53. The number of thioether (sulfide) groups is 1. The normalized spacial score (nSPS) is 10.9. The highest BCUT2D eigenvalue weighted by atomic mass is 32.2. The molecule has 0 aliphatic carbocycles. The third kappa shape index (κ3) is 2.75. The summed E-state index contributed by atoms with van der Waals surface area (Å²) in [6, 6.07) is 9.91. The number of benzene rings is 1. The summed E-state index contributed by atoms with van der Waals surface area (Å²) >= 11 is 1.61. The van der Waals surface area contributed by atoms with Crippen LogP contribution in [0.3, 0.4) is 0 Å². The molecule has 2 aromatic heterocycles. The van der Waals surface area contributed by atoms with Crippen molar-refractivity contribution >= 4 is 28.6 Å². The second-order valence-corrected chi connectivity index (χ2v) is 5.54. The van der Waals surface area contributed by atoms with Gasteiger partial charge in [-0.15, -0.1) is 0 Å². The molecule has 102 valence electrons. The molecule has 0 spiro atoms. The minimum Gasteiger partial charge on any atom is -0.363 e. The number of hydrogen-bond acceptors (Lipinski definition) is 5. The predicted octanol–water partition coefficient (Wildman–Crippen LogP) is 2.71. The number of rotatable bonds is 4. The van der Waals surface area contributed by atoms with E-state index in [1.807, 2.05) is 49.3 Å². The lowest BCUT2D eigenvalue weighted by atomic mass is 10.3. The number of H-pyrrole nitrogens is 1. The number of aromatic amines is 1. The minimum atomic E-state index is 0.696. The summed E-state index contributed by atoms with van der Waals surface area (Å²) in [5.41, 5.74) is 2.04. The van der Waals surface area contributed by atoms with Gasteiger partial charge in [-0.05, 0) is 18.2 Å². The quantitative estimate of drug-likeness (QED) is 0.747. The second-order valence-electron chi connectivity index (χ2n) is 4.57. The van der Waals surface area contributed by atoms with E-state index in [2.05, 4.69) is 19.9 Å². The number of nitrogens with zero attached hydrogens (tertiary/aromatic N) is 4. The van der Waals surface area contributed by atoms with Crippen LogP contribution < -0.4 is 4.90 Å². The van der Waals surface area contributed by atoms with E-state index in [0.29, 0.717) is 5.75 Å². The topological polar surface area (TPSA) is 57.7 Å². The molecule has 1 aromatic carbocycles. The molecule has 0 fully saturated rings. The number of hydrogen-bond donors (Lipinski definition) is 1. The van der Waals surface area contributed by atoms with Gasteiger partial charge in [-0.1, -0.05) is 23.9 Å². The van der Waals surface area contributed by atoms with E-state index in [4.69, 9.17) is 0 Å². The summed E-state index contributed by atoms with van der Waals surface area (Å²) in [4.78, 5) is 18.6. The lowest BCUT2D eigenvalue weighted by Crippen LogP contribution is -2.11. The fourth-order valence-electron chi connectivity index (χ4n) is 1.84. The van der Waals surface area contributed by atoms with Crippen LogP contribution in [0.2, 0.25) is 0 Å². The molecule has 2 heterocycles. The van der Waals surface area contributed by atoms with E-state index < -0.39 is 0 Å². The SMILES string of the molecule is CN(C)c1ccnc(CSc2nc3ccccc3[nH]2)n1. The summed E-state index contributed by atoms with van der Waals surface area (Å²) in [6.07, 6.45) is 1.79. The molecule has 0 aliphatic heterocycles. The number of para-hydroxylation sites is 2. The second kappa shape index (κ2) is 5.50. The van der Waals surface area contributed by atoms with Crippen LogP contribution in [0.4, 0.5) is 5.82 Å². The molecule has 0 aliphatic rings. The molecule has 0 radical (unpaired) electrons. The molecular weight excluding hydrogens is 270 g/mol. The highest BCUT2D eigenvalue weighted by Crippen LogP contribution is 2.22. The molecule has 0 amide bonds. The van der Waals surface area contributed by atoms with Crippen molar-refractivity contribution in [2.24, 2.45) is 0 Å². The van der Waals surface area contributed by atoms with E-state index in [1.54, 1.807) is 18.0 Å². The van der Waals surface area contributed by atoms with Crippen molar-refractivity contribution in [2.75, 3.05) is 19.0 Å². The van der Waals surface area contributed by atoms with E-state index in [0.717, 1.165) is 27.8 Å². The van der Waals surface area contributed by atoms with Crippen molar-refractivity contribution in [1.29, 1.82) is 0 Å². The summed E-state index contributed by atoms with van der Waals surface area (Å²) in [6.45, 7) is 0. The molecule has 0 saturated heterocycles. The number of fused-ring (bicyclic) bond motifs is 1. The van der Waals surface area contributed by atoms with E-state index in [9.17, 15) is 0 Å². The average molecular weight is 285 g/mol. The maximum Gasteiger partial charge on any atom is 0.166 e. The van der Waals surface area contributed by atoms with Gasteiger partial charge in [0.05, 0.1) is 16.8 Å². The number of imidazole rings is 1. The molecular formula is C14H15N5S. The largest absolute Gasteiger partial charge is 0.363 e. The van der Waals surface area contributed by atoms with E-state index >= 15 is 0 Å². The van der Waals surface area contributed by atoms with Gasteiger partial charge in [0.2, 0.25) is 0 Å². The van der Waals surface area contributed by atoms with Gasteiger partial charge in [-0.3, -0.25) is 0 Å². The third-order valence-electron chi connectivity index (χ3n) is 2.85. The number of nitrogens with one attached hydrogen (secondary N) is 1. The molecule has 1 N–H and O–H groups in total. The molecule has 3 rings (SSSR count). The fraction of sp³-hybridized carbons (Fsp3) is 0.214. The van der Waals surface area contributed by atoms with Crippen LogP contribution in [0, 0.1) is 0 Å². The summed E-state index contributed by atoms with van der Waals surface area (Å²) < 4.78 is 0. The first-order valence-electron chi connectivity index (χ1n) is 6.29. The van der Waals surface area contributed by atoms with Gasteiger partial charge in [0.1, 0.15) is 11.6 Å². The Bertz CT molecular complexity index is 689. The van der Waals surface area contributed by atoms with Gasteiger partial charge in [-0.2, -0.15) is 0 Å². The van der Waals surface area contributed by atoms with Gasteiger partial charge in [0.25, 0.3) is 0 Å². The Labute approximate surface area is 121 Å². The fourth-order valence-corrected chi connectivity index (χ4v) is 2.59. The van der Waals surface area contributed by atoms with Crippen molar-refractivity contribution in [3.63, 3.8) is 0 Å². The highest BCUT2D eigenvalue weighted by Gasteiger charge is 2.05.